The Morgan fingerprint density at radius 2 is 2.22 bits per heavy atom. The molecule has 148 valence electrons. The Hall–Kier alpha value is -1.87. The molecule has 1 fully saturated rings. The molecule has 1 N–H and O–H groups in total. The SMILES string of the molecule is CCOC(=O)C(C)(C)Sc1ccc(N2C[C@H](CNC(C)=S)OC2=O)cc1F. The van der Waals surface area contributed by atoms with Crippen molar-refractivity contribution in [3.8, 4) is 0 Å². The van der Waals surface area contributed by atoms with Crippen molar-refractivity contribution in [3.05, 3.63) is 24.0 Å². The number of hydrogen-bond acceptors (Lipinski definition) is 6. The van der Waals surface area contributed by atoms with Gasteiger partial charge in [-0.05, 0) is 45.9 Å². The number of ether oxygens (including phenoxy) is 2. The number of cyclic esters (lactones) is 1. The van der Waals surface area contributed by atoms with E-state index in [1.807, 2.05) is 0 Å². The predicted molar refractivity (Wildman–Crippen MR) is 107 cm³/mol. The molecule has 1 aliphatic heterocycles. The molecule has 1 atom stereocenters. The Kier molecular flexibility index (Phi) is 7.05. The van der Waals surface area contributed by atoms with E-state index in [1.54, 1.807) is 39.8 Å². The molecule has 9 heteroatoms. The molecule has 0 aromatic heterocycles. The van der Waals surface area contributed by atoms with Crippen LogP contribution >= 0.6 is 24.0 Å². The molecule has 0 aliphatic carbocycles. The molecule has 0 radical (unpaired) electrons. The van der Waals surface area contributed by atoms with Gasteiger partial charge in [-0.2, -0.15) is 0 Å². The van der Waals surface area contributed by atoms with Gasteiger partial charge in [0.2, 0.25) is 0 Å². The Bertz CT molecular complexity index is 742. The first kappa shape index (κ1) is 21.4. The molecular formula is C18H23FN2O4S2. The number of carbonyl (C=O) groups excluding carboxylic acids is 2. The van der Waals surface area contributed by atoms with Gasteiger partial charge in [-0.3, -0.25) is 9.69 Å². The number of carbonyl (C=O) groups is 2. The van der Waals surface area contributed by atoms with Crippen LogP contribution in [0.25, 0.3) is 0 Å². The summed E-state index contributed by atoms with van der Waals surface area (Å²) in [7, 11) is 0. The van der Waals surface area contributed by atoms with E-state index in [-0.39, 0.29) is 12.7 Å². The number of amides is 1. The highest BCUT2D eigenvalue weighted by atomic mass is 32.2. The van der Waals surface area contributed by atoms with Gasteiger partial charge in [0.1, 0.15) is 16.7 Å². The molecule has 6 nitrogen and oxygen atoms in total. The maximum absolute atomic E-state index is 14.6. The van der Waals surface area contributed by atoms with Crippen molar-refractivity contribution in [3.63, 3.8) is 0 Å². The molecular weight excluding hydrogens is 391 g/mol. The van der Waals surface area contributed by atoms with E-state index in [1.165, 1.54) is 11.0 Å². The van der Waals surface area contributed by atoms with Gasteiger partial charge in [0, 0.05) is 4.90 Å². The van der Waals surface area contributed by atoms with Crippen LogP contribution < -0.4 is 10.2 Å². The van der Waals surface area contributed by atoms with Gasteiger partial charge in [0.15, 0.2) is 0 Å². The van der Waals surface area contributed by atoms with Gasteiger partial charge in [-0.15, -0.1) is 11.8 Å². The second kappa shape index (κ2) is 8.88. The van der Waals surface area contributed by atoms with Crippen LogP contribution in [-0.2, 0) is 14.3 Å². The topological polar surface area (TPSA) is 67.9 Å². The van der Waals surface area contributed by atoms with Crippen molar-refractivity contribution < 1.29 is 23.5 Å². The summed E-state index contributed by atoms with van der Waals surface area (Å²) in [5.74, 6) is -0.926. The summed E-state index contributed by atoms with van der Waals surface area (Å²) in [6.45, 7) is 7.79. The van der Waals surface area contributed by atoms with E-state index in [0.29, 0.717) is 28.7 Å². The summed E-state index contributed by atoms with van der Waals surface area (Å²) in [6, 6.07) is 4.45. The highest BCUT2D eigenvalue weighted by molar-refractivity contribution is 8.01. The zero-order valence-corrected chi connectivity index (χ0v) is 17.3. The Balaban J connectivity index is 2.09. The van der Waals surface area contributed by atoms with Crippen LogP contribution in [0.1, 0.15) is 27.7 Å². The van der Waals surface area contributed by atoms with E-state index in [2.05, 4.69) is 5.32 Å². The van der Waals surface area contributed by atoms with Gasteiger partial charge in [-0.1, -0.05) is 12.2 Å². The summed E-state index contributed by atoms with van der Waals surface area (Å²) in [5.41, 5.74) is 0.400. The summed E-state index contributed by atoms with van der Waals surface area (Å²) >= 11 is 6.02. The highest BCUT2D eigenvalue weighted by Gasteiger charge is 2.34. The fourth-order valence-electron chi connectivity index (χ4n) is 2.46. The summed E-state index contributed by atoms with van der Waals surface area (Å²) in [6.07, 6.45) is -0.897. The van der Waals surface area contributed by atoms with Gasteiger partial charge < -0.3 is 14.8 Å². The molecule has 0 spiro atoms. The quantitative estimate of drug-likeness (QED) is 0.416. The number of esters is 1. The number of rotatable bonds is 7. The second-order valence-corrected chi connectivity index (χ2v) is 8.78. The fourth-order valence-corrected chi connectivity index (χ4v) is 3.53. The molecule has 1 amide bonds. The van der Waals surface area contributed by atoms with Crippen molar-refractivity contribution in [1.82, 2.24) is 5.32 Å². The summed E-state index contributed by atoms with van der Waals surface area (Å²) in [5, 5.41) is 2.95. The van der Waals surface area contributed by atoms with Gasteiger partial charge in [-0.25, -0.2) is 9.18 Å². The van der Waals surface area contributed by atoms with Crippen LogP contribution in [0.4, 0.5) is 14.9 Å². The number of thioether (sulfide) groups is 1. The molecule has 27 heavy (non-hydrogen) atoms. The van der Waals surface area contributed by atoms with E-state index >= 15 is 0 Å². The minimum atomic E-state index is -0.930. The third-order valence-electron chi connectivity index (χ3n) is 3.81. The van der Waals surface area contributed by atoms with Crippen molar-refractivity contribution >= 4 is 46.7 Å². The lowest BCUT2D eigenvalue weighted by Crippen LogP contribution is -2.32. The number of benzene rings is 1. The first-order valence-electron chi connectivity index (χ1n) is 8.52. The van der Waals surface area contributed by atoms with Gasteiger partial charge >= 0.3 is 12.1 Å². The number of thiocarbonyl (C=S) groups is 1. The molecule has 1 heterocycles. The summed E-state index contributed by atoms with van der Waals surface area (Å²) < 4.78 is 23.9. The molecule has 1 saturated heterocycles. The number of hydrogen-bond donors (Lipinski definition) is 1. The maximum atomic E-state index is 14.6. The van der Waals surface area contributed by atoms with Crippen LogP contribution in [0.2, 0.25) is 0 Å². The zero-order chi connectivity index (χ0) is 20.2. The predicted octanol–water partition coefficient (Wildman–Crippen LogP) is 3.52. The van der Waals surface area contributed by atoms with E-state index in [0.717, 1.165) is 11.8 Å². The Morgan fingerprint density at radius 1 is 1.52 bits per heavy atom. The van der Waals surface area contributed by atoms with Crippen molar-refractivity contribution in [1.29, 1.82) is 0 Å². The van der Waals surface area contributed by atoms with Crippen molar-refractivity contribution in [2.45, 2.75) is 43.4 Å². The fraction of sp³-hybridized carbons (Fsp3) is 0.500. The third kappa shape index (κ3) is 5.55. The number of anilines is 1. The average Bonchev–Trinajstić information content (AvgIpc) is 2.96. The maximum Gasteiger partial charge on any atom is 0.414 e. The largest absolute Gasteiger partial charge is 0.465 e. The van der Waals surface area contributed by atoms with Crippen molar-refractivity contribution in [2.75, 3.05) is 24.6 Å². The minimum Gasteiger partial charge on any atom is -0.465 e. The first-order chi connectivity index (χ1) is 12.6. The number of nitrogens with zero attached hydrogens (tertiary/aromatic N) is 1. The lowest BCUT2D eigenvalue weighted by atomic mass is 10.2. The molecule has 1 aromatic carbocycles. The van der Waals surface area contributed by atoms with Gasteiger partial charge in [0.05, 0.1) is 30.4 Å². The van der Waals surface area contributed by atoms with Crippen LogP contribution in [0, 0.1) is 5.82 Å². The average molecular weight is 415 g/mol. The molecule has 0 saturated carbocycles. The standard InChI is InChI=1S/C18H23FN2O4S2/c1-5-24-16(22)18(3,4)27-15-7-6-12(8-14(15)19)21-10-13(25-17(21)23)9-20-11(2)26/h6-8,13H,5,9-10H2,1-4H3,(H,20,26)/t13-/m0/s1. The molecule has 0 bridgehead atoms. The zero-order valence-electron chi connectivity index (χ0n) is 15.7. The van der Waals surface area contributed by atoms with Gasteiger partial charge in [0.25, 0.3) is 0 Å². The highest BCUT2D eigenvalue weighted by Crippen LogP contribution is 2.36. The molecule has 2 rings (SSSR count). The molecule has 1 aliphatic rings. The van der Waals surface area contributed by atoms with Crippen LogP contribution in [0.15, 0.2) is 23.1 Å². The monoisotopic (exact) mass is 414 g/mol. The first-order valence-corrected chi connectivity index (χ1v) is 9.75. The molecule has 1 aromatic rings. The smallest absolute Gasteiger partial charge is 0.414 e. The Morgan fingerprint density at radius 3 is 2.81 bits per heavy atom. The summed E-state index contributed by atoms with van der Waals surface area (Å²) in [4.78, 5) is 26.4. The van der Waals surface area contributed by atoms with Crippen LogP contribution in [0.3, 0.4) is 0 Å². The third-order valence-corrected chi connectivity index (χ3v) is 5.18. The van der Waals surface area contributed by atoms with Crippen molar-refractivity contribution in [2.24, 2.45) is 0 Å². The minimum absolute atomic E-state index is 0.264. The normalized spacial score (nSPS) is 16.9. The van der Waals surface area contributed by atoms with Crippen LogP contribution in [0.5, 0.6) is 0 Å². The van der Waals surface area contributed by atoms with E-state index in [9.17, 15) is 14.0 Å². The Labute approximate surface area is 167 Å². The number of nitrogens with one attached hydrogen (secondary N) is 1. The lowest BCUT2D eigenvalue weighted by Gasteiger charge is -2.22. The second-order valence-electron chi connectivity index (χ2n) is 6.50. The molecule has 0 unspecified atom stereocenters. The van der Waals surface area contributed by atoms with E-state index in [4.69, 9.17) is 21.7 Å². The van der Waals surface area contributed by atoms with Crippen LogP contribution in [-0.4, -0.2) is 47.6 Å². The number of halogens is 1. The lowest BCUT2D eigenvalue weighted by molar-refractivity contribution is -0.145. The van der Waals surface area contributed by atoms with E-state index < -0.39 is 22.6 Å².